The minimum atomic E-state index is 0.0378. The third kappa shape index (κ3) is 2.99. The molecule has 1 aromatic carbocycles. The number of amides is 1. The van der Waals surface area contributed by atoms with Crippen molar-refractivity contribution in [1.82, 2.24) is 15.1 Å². The number of likely N-dealkylation sites (N-methyl/N-ethyl adjacent to an activating group) is 1. The van der Waals surface area contributed by atoms with Crippen molar-refractivity contribution in [3.8, 4) is 0 Å². The lowest BCUT2D eigenvalue weighted by Gasteiger charge is -2.19. The van der Waals surface area contributed by atoms with Crippen LogP contribution >= 0.6 is 11.6 Å². The number of carbonyl (C=O) groups is 1. The number of rotatable bonds is 5. The smallest absolute Gasteiger partial charge is 0.241 e. The van der Waals surface area contributed by atoms with Crippen LogP contribution in [0.2, 0.25) is 5.15 Å². The first-order valence-corrected chi connectivity index (χ1v) is 6.97. The van der Waals surface area contributed by atoms with E-state index in [1.165, 1.54) is 0 Å². The van der Waals surface area contributed by atoms with Crippen LogP contribution in [0.3, 0.4) is 0 Å². The van der Waals surface area contributed by atoms with Gasteiger partial charge in [0.05, 0.1) is 6.54 Å². The summed E-state index contributed by atoms with van der Waals surface area (Å²) in [5.74, 6) is 0.612. The Labute approximate surface area is 122 Å². The normalized spacial score (nSPS) is 10.6. The minimum Gasteiger partial charge on any atom is -0.359 e. The molecule has 6 heteroatoms. The molecule has 0 aliphatic heterocycles. The summed E-state index contributed by atoms with van der Waals surface area (Å²) >= 11 is 6.01. The van der Waals surface area contributed by atoms with Gasteiger partial charge in [-0.1, -0.05) is 35.9 Å². The Morgan fingerprint density at radius 1 is 1.20 bits per heavy atom. The van der Waals surface area contributed by atoms with Gasteiger partial charge < -0.3 is 10.2 Å². The second-order valence-electron chi connectivity index (χ2n) is 4.30. The van der Waals surface area contributed by atoms with E-state index in [0.29, 0.717) is 24.1 Å². The van der Waals surface area contributed by atoms with Gasteiger partial charge in [-0.3, -0.25) is 4.79 Å². The molecule has 106 valence electrons. The molecule has 5 nitrogen and oxygen atoms in total. The van der Waals surface area contributed by atoms with E-state index >= 15 is 0 Å². The van der Waals surface area contributed by atoms with Gasteiger partial charge in [-0.25, -0.2) is 0 Å². The fourth-order valence-corrected chi connectivity index (χ4v) is 2.25. The summed E-state index contributed by atoms with van der Waals surface area (Å²) in [6.45, 7) is 5.51. The Hall–Kier alpha value is -1.88. The van der Waals surface area contributed by atoms with Crippen molar-refractivity contribution in [2.45, 2.75) is 13.8 Å². The SMILES string of the molecule is CCN(CC)C(=O)CNc1nnc(Cl)c2ccccc12. The van der Waals surface area contributed by atoms with Crippen molar-refractivity contribution in [3.63, 3.8) is 0 Å². The Morgan fingerprint density at radius 2 is 1.85 bits per heavy atom. The lowest BCUT2D eigenvalue weighted by atomic mass is 10.2. The summed E-state index contributed by atoms with van der Waals surface area (Å²) in [6, 6.07) is 7.57. The van der Waals surface area contributed by atoms with Gasteiger partial charge in [-0.2, -0.15) is 0 Å². The molecule has 1 N–H and O–H groups in total. The van der Waals surface area contributed by atoms with E-state index in [9.17, 15) is 4.79 Å². The molecule has 0 saturated carbocycles. The van der Waals surface area contributed by atoms with E-state index in [1.807, 2.05) is 38.1 Å². The average Bonchev–Trinajstić information content (AvgIpc) is 2.48. The van der Waals surface area contributed by atoms with E-state index in [4.69, 9.17) is 11.6 Å². The highest BCUT2D eigenvalue weighted by atomic mass is 35.5. The third-order valence-electron chi connectivity index (χ3n) is 3.17. The summed E-state index contributed by atoms with van der Waals surface area (Å²) in [6.07, 6.45) is 0. The highest BCUT2D eigenvalue weighted by Crippen LogP contribution is 2.25. The van der Waals surface area contributed by atoms with Crippen LogP contribution in [0.5, 0.6) is 0 Å². The number of fused-ring (bicyclic) bond motifs is 1. The van der Waals surface area contributed by atoms with E-state index in [1.54, 1.807) is 4.90 Å². The molecule has 0 spiro atoms. The number of nitrogens with zero attached hydrogens (tertiary/aromatic N) is 3. The quantitative estimate of drug-likeness (QED) is 0.920. The van der Waals surface area contributed by atoms with Gasteiger partial charge in [-0.15, -0.1) is 10.2 Å². The molecule has 2 aromatic rings. The van der Waals surface area contributed by atoms with Crippen LogP contribution in [-0.2, 0) is 4.79 Å². The molecule has 0 fully saturated rings. The van der Waals surface area contributed by atoms with Crippen LogP contribution in [0.15, 0.2) is 24.3 Å². The van der Waals surface area contributed by atoms with Crippen molar-refractivity contribution in [2.75, 3.05) is 25.0 Å². The van der Waals surface area contributed by atoms with Gasteiger partial charge in [0.15, 0.2) is 11.0 Å². The fraction of sp³-hybridized carbons (Fsp3) is 0.357. The fourth-order valence-electron chi connectivity index (χ4n) is 2.05. The van der Waals surface area contributed by atoms with Crippen molar-refractivity contribution < 1.29 is 4.79 Å². The van der Waals surface area contributed by atoms with Crippen molar-refractivity contribution in [2.24, 2.45) is 0 Å². The average molecular weight is 293 g/mol. The number of hydrogen-bond acceptors (Lipinski definition) is 4. The Bertz CT molecular complexity index is 613. The maximum Gasteiger partial charge on any atom is 0.241 e. The zero-order valence-corrected chi connectivity index (χ0v) is 12.3. The molecule has 1 amide bonds. The monoisotopic (exact) mass is 292 g/mol. The van der Waals surface area contributed by atoms with E-state index < -0.39 is 0 Å². The molecular weight excluding hydrogens is 276 g/mol. The van der Waals surface area contributed by atoms with Crippen molar-refractivity contribution in [3.05, 3.63) is 29.4 Å². The van der Waals surface area contributed by atoms with Gasteiger partial charge in [-0.05, 0) is 13.8 Å². The first-order chi connectivity index (χ1) is 9.67. The number of carbonyl (C=O) groups excluding carboxylic acids is 1. The van der Waals surface area contributed by atoms with Gasteiger partial charge in [0.1, 0.15) is 0 Å². The maximum absolute atomic E-state index is 12.0. The van der Waals surface area contributed by atoms with E-state index in [0.717, 1.165) is 10.8 Å². The van der Waals surface area contributed by atoms with Crippen LogP contribution < -0.4 is 5.32 Å². The standard InChI is InChI=1S/C14H17ClN4O/c1-3-19(4-2)12(20)9-16-14-11-8-6-5-7-10(11)13(15)17-18-14/h5-8H,3-4,9H2,1-2H3,(H,16,18). The van der Waals surface area contributed by atoms with E-state index in [2.05, 4.69) is 15.5 Å². The molecular formula is C14H17ClN4O. The minimum absolute atomic E-state index is 0.0378. The first-order valence-electron chi connectivity index (χ1n) is 6.60. The van der Waals surface area contributed by atoms with Gasteiger partial charge in [0.25, 0.3) is 0 Å². The molecule has 1 heterocycles. The second-order valence-corrected chi connectivity index (χ2v) is 4.66. The summed E-state index contributed by atoms with van der Waals surface area (Å²) in [5, 5.41) is 13.0. The number of halogens is 1. The molecule has 0 aliphatic rings. The lowest BCUT2D eigenvalue weighted by molar-refractivity contribution is -0.128. The van der Waals surface area contributed by atoms with Gasteiger partial charge in [0.2, 0.25) is 5.91 Å². The Morgan fingerprint density at radius 3 is 2.50 bits per heavy atom. The van der Waals surface area contributed by atoms with Crippen LogP contribution in [0.25, 0.3) is 10.8 Å². The summed E-state index contributed by atoms with van der Waals surface area (Å²) in [5.41, 5.74) is 0. The second kappa shape index (κ2) is 6.52. The van der Waals surface area contributed by atoms with Crippen molar-refractivity contribution >= 4 is 34.1 Å². The molecule has 20 heavy (non-hydrogen) atoms. The molecule has 0 radical (unpaired) electrons. The number of nitrogens with one attached hydrogen (secondary N) is 1. The van der Waals surface area contributed by atoms with Crippen LogP contribution in [-0.4, -0.2) is 40.6 Å². The zero-order valence-electron chi connectivity index (χ0n) is 11.6. The Balaban J connectivity index is 2.19. The van der Waals surface area contributed by atoms with Crippen molar-refractivity contribution in [1.29, 1.82) is 0 Å². The predicted octanol–water partition coefficient (Wildman–Crippen LogP) is 2.56. The first kappa shape index (κ1) is 14.5. The third-order valence-corrected chi connectivity index (χ3v) is 3.44. The summed E-state index contributed by atoms with van der Waals surface area (Å²) in [7, 11) is 0. The molecule has 0 atom stereocenters. The highest BCUT2D eigenvalue weighted by Gasteiger charge is 2.11. The number of hydrogen-bond donors (Lipinski definition) is 1. The van der Waals surface area contributed by atoms with Gasteiger partial charge >= 0.3 is 0 Å². The molecule has 0 bridgehead atoms. The molecule has 1 aromatic heterocycles. The number of anilines is 1. The number of aromatic nitrogens is 2. The van der Waals surface area contributed by atoms with E-state index in [-0.39, 0.29) is 12.5 Å². The predicted molar refractivity (Wildman–Crippen MR) is 81.0 cm³/mol. The zero-order chi connectivity index (χ0) is 14.5. The van der Waals surface area contributed by atoms with Crippen LogP contribution in [0.1, 0.15) is 13.8 Å². The molecule has 0 unspecified atom stereocenters. The van der Waals surface area contributed by atoms with Crippen LogP contribution in [0, 0.1) is 0 Å². The molecule has 0 aliphatic carbocycles. The summed E-state index contributed by atoms with van der Waals surface area (Å²) < 4.78 is 0. The number of benzene rings is 1. The summed E-state index contributed by atoms with van der Waals surface area (Å²) in [4.78, 5) is 13.7. The maximum atomic E-state index is 12.0. The topological polar surface area (TPSA) is 58.1 Å². The van der Waals surface area contributed by atoms with Gasteiger partial charge in [0, 0.05) is 23.9 Å². The van der Waals surface area contributed by atoms with Crippen LogP contribution in [0.4, 0.5) is 5.82 Å². The Kier molecular flexibility index (Phi) is 4.74. The lowest BCUT2D eigenvalue weighted by Crippen LogP contribution is -2.35. The molecule has 2 rings (SSSR count). The highest BCUT2D eigenvalue weighted by molar-refractivity contribution is 6.34. The largest absolute Gasteiger partial charge is 0.359 e. The molecule has 0 saturated heterocycles.